The lowest BCUT2D eigenvalue weighted by Gasteiger charge is -2.20. The molecule has 108 valence electrons. The minimum Gasteiger partial charge on any atom is -0.493 e. The summed E-state index contributed by atoms with van der Waals surface area (Å²) in [4.78, 5) is 0. The third-order valence-corrected chi connectivity index (χ3v) is 3.28. The van der Waals surface area contributed by atoms with Crippen molar-refractivity contribution in [2.24, 2.45) is 17.6 Å². The molecular formula is C15H26N2O2. The molecule has 0 spiro atoms. The molecule has 0 aliphatic carbocycles. The molecule has 1 atom stereocenters. The second-order valence-corrected chi connectivity index (χ2v) is 4.92. The van der Waals surface area contributed by atoms with Gasteiger partial charge in [0.25, 0.3) is 0 Å². The fourth-order valence-corrected chi connectivity index (χ4v) is 1.90. The van der Waals surface area contributed by atoms with Gasteiger partial charge in [-0.2, -0.15) is 0 Å². The van der Waals surface area contributed by atoms with Gasteiger partial charge >= 0.3 is 0 Å². The van der Waals surface area contributed by atoms with Gasteiger partial charge in [-0.1, -0.05) is 13.8 Å². The van der Waals surface area contributed by atoms with Crippen molar-refractivity contribution in [1.29, 1.82) is 0 Å². The summed E-state index contributed by atoms with van der Waals surface area (Å²) >= 11 is 0. The first kappa shape index (κ1) is 15.6. The van der Waals surface area contributed by atoms with Gasteiger partial charge in [0.2, 0.25) is 0 Å². The predicted molar refractivity (Wildman–Crippen MR) is 80.0 cm³/mol. The summed E-state index contributed by atoms with van der Waals surface area (Å²) in [6, 6.07) is 5.88. The Hall–Kier alpha value is -1.42. The third kappa shape index (κ3) is 4.63. The molecule has 4 heteroatoms. The van der Waals surface area contributed by atoms with Crippen LogP contribution in [0.1, 0.15) is 20.8 Å². The van der Waals surface area contributed by atoms with E-state index in [-0.39, 0.29) is 0 Å². The van der Waals surface area contributed by atoms with Crippen LogP contribution < -0.4 is 20.5 Å². The number of ether oxygens (including phenoxy) is 2. The van der Waals surface area contributed by atoms with E-state index in [4.69, 9.17) is 15.2 Å². The van der Waals surface area contributed by atoms with Gasteiger partial charge in [-0.15, -0.1) is 0 Å². The Morgan fingerprint density at radius 1 is 1.26 bits per heavy atom. The first-order valence-corrected chi connectivity index (χ1v) is 6.87. The van der Waals surface area contributed by atoms with Crippen LogP contribution in [-0.2, 0) is 0 Å². The molecule has 0 saturated heterocycles. The molecule has 0 aliphatic rings. The fraction of sp³-hybridized carbons (Fsp3) is 0.600. The van der Waals surface area contributed by atoms with Gasteiger partial charge in [-0.05, 0) is 37.4 Å². The highest BCUT2D eigenvalue weighted by Crippen LogP contribution is 2.30. The Morgan fingerprint density at radius 3 is 2.53 bits per heavy atom. The van der Waals surface area contributed by atoms with Gasteiger partial charge in [0.1, 0.15) is 0 Å². The van der Waals surface area contributed by atoms with Crippen LogP contribution in [0.15, 0.2) is 18.2 Å². The number of methoxy groups -OCH3 is 1. The summed E-state index contributed by atoms with van der Waals surface area (Å²) in [6.45, 7) is 8.53. The van der Waals surface area contributed by atoms with Gasteiger partial charge in [0.05, 0.1) is 13.7 Å². The maximum absolute atomic E-state index is 5.78. The van der Waals surface area contributed by atoms with Gasteiger partial charge < -0.3 is 20.5 Å². The topological polar surface area (TPSA) is 56.5 Å². The lowest BCUT2D eigenvalue weighted by molar-refractivity contribution is 0.311. The molecule has 4 nitrogen and oxygen atoms in total. The van der Waals surface area contributed by atoms with Gasteiger partial charge in [-0.25, -0.2) is 0 Å². The molecule has 0 heterocycles. The maximum atomic E-state index is 5.78. The van der Waals surface area contributed by atoms with Crippen molar-refractivity contribution >= 4 is 5.69 Å². The van der Waals surface area contributed by atoms with Crippen molar-refractivity contribution in [3.05, 3.63) is 18.2 Å². The van der Waals surface area contributed by atoms with E-state index in [1.807, 2.05) is 25.1 Å². The monoisotopic (exact) mass is 266 g/mol. The lowest BCUT2D eigenvalue weighted by atomic mass is 9.96. The highest BCUT2D eigenvalue weighted by atomic mass is 16.5. The predicted octanol–water partition coefficient (Wildman–Crippen LogP) is 2.74. The number of nitrogens with one attached hydrogen (secondary N) is 1. The zero-order valence-electron chi connectivity index (χ0n) is 12.4. The molecule has 1 rings (SSSR count). The van der Waals surface area contributed by atoms with Crippen molar-refractivity contribution in [1.82, 2.24) is 0 Å². The molecule has 0 radical (unpaired) electrons. The van der Waals surface area contributed by atoms with E-state index < -0.39 is 0 Å². The molecule has 0 amide bonds. The number of hydrogen-bond donors (Lipinski definition) is 2. The number of benzene rings is 1. The van der Waals surface area contributed by atoms with Crippen LogP contribution in [0.25, 0.3) is 0 Å². The second-order valence-electron chi connectivity index (χ2n) is 4.92. The summed E-state index contributed by atoms with van der Waals surface area (Å²) < 4.78 is 10.8. The van der Waals surface area contributed by atoms with E-state index in [1.165, 1.54) is 0 Å². The van der Waals surface area contributed by atoms with Crippen LogP contribution in [0.3, 0.4) is 0 Å². The molecule has 0 aliphatic heterocycles. The minimum atomic E-state index is 0.470. The first-order valence-electron chi connectivity index (χ1n) is 6.87. The van der Waals surface area contributed by atoms with Crippen LogP contribution in [0.2, 0.25) is 0 Å². The molecule has 19 heavy (non-hydrogen) atoms. The largest absolute Gasteiger partial charge is 0.493 e. The second kappa shape index (κ2) is 7.89. The molecule has 0 aromatic heterocycles. The maximum Gasteiger partial charge on any atom is 0.163 e. The molecule has 1 unspecified atom stereocenters. The standard InChI is InChI=1S/C15H26N2O2/c1-5-19-15-8-13(6-7-14(15)18-4)17-10-12(9-16)11(2)3/h6-8,11-12,17H,5,9-10,16H2,1-4H3. The van der Waals surface area contributed by atoms with Crippen LogP contribution in [-0.4, -0.2) is 26.8 Å². The number of hydrogen-bond acceptors (Lipinski definition) is 4. The van der Waals surface area contributed by atoms with Crippen LogP contribution >= 0.6 is 0 Å². The normalized spacial score (nSPS) is 12.3. The summed E-state index contributed by atoms with van der Waals surface area (Å²) in [6.07, 6.45) is 0. The van der Waals surface area contributed by atoms with E-state index in [1.54, 1.807) is 7.11 Å². The number of nitrogens with two attached hydrogens (primary N) is 1. The van der Waals surface area contributed by atoms with E-state index in [2.05, 4.69) is 19.2 Å². The Balaban J connectivity index is 2.70. The van der Waals surface area contributed by atoms with Crippen molar-refractivity contribution in [2.45, 2.75) is 20.8 Å². The van der Waals surface area contributed by atoms with Crippen molar-refractivity contribution < 1.29 is 9.47 Å². The Labute approximate surface area is 116 Å². The summed E-state index contributed by atoms with van der Waals surface area (Å²) in [7, 11) is 1.65. The van der Waals surface area contributed by atoms with Gasteiger partial charge in [0.15, 0.2) is 11.5 Å². The zero-order chi connectivity index (χ0) is 14.3. The molecule has 0 fully saturated rings. The smallest absolute Gasteiger partial charge is 0.163 e. The van der Waals surface area contributed by atoms with E-state index in [9.17, 15) is 0 Å². The molecule has 1 aromatic rings. The Bertz CT molecular complexity index is 380. The van der Waals surface area contributed by atoms with E-state index in [0.717, 1.165) is 23.7 Å². The molecule has 0 saturated carbocycles. The SMILES string of the molecule is CCOc1cc(NCC(CN)C(C)C)ccc1OC. The average Bonchev–Trinajstić information content (AvgIpc) is 2.40. The third-order valence-electron chi connectivity index (χ3n) is 3.28. The quantitative estimate of drug-likeness (QED) is 0.759. The van der Waals surface area contributed by atoms with Crippen molar-refractivity contribution in [2.75, 3.05) is 32.1 Å². The van der Waals surface area contributed by atoms with Crippen LogP contribution in [0.5, 0.6) is 11.5 Å². The lowest BCUT2D eigenvalue weighted by Crippen LogP contribution is -2.27. The van der Waals surface area contributed by atoms with Crippen molar-refractivity contribution in [3.63, 3.8) is 0 Å². The Kier molecular flexibility index (Phi) is 6.50. The summed E-state index contributed by atoms with van der Waals surface area (Å²) in [5.74, 6) is 2.57. The van der Waals surface area contributed by atoms with Crippen LogP contribution in [0.4, 0.5) is 5.69 Å². The van der Waals surface area contributed by atoms with Gasteiger partial charge in [-0.3, -0.25) is 0 Å². The van der Waals surface area contributed by atoms with Gasteiger partial charge in [0, 0.05) is 18.3 Å². The first-order chi connectivity index (χ1) is 9.12. The molecule has 0 bridgehead atoms. The highest BCUT2D eigenvalue weighted by Gasteiger charge is 2.11. The van der Waals surface area contributed by atoms with E-state index >= 15 is 0 Å². The molecule has 1 aromatic carbocycles. The highest BCUT2D eigenvalue weighted by molar-refractivity contribution is 5.54. The zero-order valence-corrected chi connectivity index (χ0v) is 12.4. The number of rotatable bonds is 8. The van der Waals surface area contributed by atoms with Crippen LogP contribution in [0, 0.1) is 11.8 Å². The summed E-state index contributed by atoms with van der Waals surface area (Å²) in [5, 5.41) is 3.41. The van der Waals surface area contributed by atoms with E-state index in [0.29, 0.717) is 25.0 Å². The van der Waals surface area contributed by atoms with Crippen molar-refractivity contribution in [3.8, 4) is 11.5 Å². The molecular weight excluding hydrogens is 240 g/mol. The average molecular weight is 266 g/mol. The number of anilines is 1. The summed E-state index contributed by atoms with van der Waals surface area (Å²) in [5.41, 5.74) is 6.81. The Morgan fingerprint density at radius 2 is 2.00 bits per heavy atom. The fourth-order valence-electron chi connectivity index (χ4n) is 1.90. The molecule has 3 N–H and O–H groups in total. The minimum absolute atomic E-state index is 0.470.